The van der Waals surface area contributed by atoms with Gasteiger partial charge in [0.15, 0.2) is 0 Å². The monoisotopic (exact) mass is 336 g/mol. The Morgan fingerprint density at radius 3 is 2.71 bits per heavy atom. The topological polar surface area (TPSA) is 59.4 Å². The fourth-order valence-corrected chi connectivity index (χ4v) is 3.24. The van der Waals surface area contributed by atoms with E-state index in [1.165, 1.54) is 12.8 Å². The number of nitrogens with one attached hydrogen (secondary N) is 1. The summed E-state index contributed by atoms with van der Waals surface area (Å²) in [7, 11) is 2.16. The molecule has 1 amide bonds. The van der Waals surface area contributed by atoms with E-state index in [4.69, 9.17) is 4.74 Å². The van der Waals surface area contributed by atoms with Crippen LogP contribution >= 0.6 is 0 Å². The second-order valence-electron chi connectivity index (χ2n) is 8.54. The molecular formula is C18H32N4O2. The molecule has 2 heterocycles. The molecule has 6 nitrogen and oxygen atoms in total. The van der Waals surface area contributed by atoms with Crippen LogP contribution in [0.15, 0.2) is 12.5 Å². The van der Waals surface area contributed by atoms with Gasteiger partial charge in [-0.15, -0.1) is 0 Å². The van der Waals surface area contributed by atoms with E-state index in [1.807, 2.05) is 47.1 Å². The number of ether oxygens (including phenoxy) is 1. The third kappa shape index (κ3) is 5.51. The number of imidazole rings is 1. The Morgan fingerprint density at radius 2 is 2.08 bits per heavy atom. The first-order valence-corrected chi connectivity index (χ1v) is 8.76. The van der Waals surface area contributed by atoms with Gasteiger partial charge in [-0.25, -0.2) is 9.78 Å². The summed E-state index contributed by atoms with van der Waals surface area (Å²) in [6, 6.07) is 0.457. The minimum atomic E-state index is -0.491. The first kappa shape index (κ1) is 18.8. The van der Waals surface area contributed by atoms with Crippen molar-refractivity contribution in [3.05, 3.63) is 18.2 Å². The molecule has 0 saturated carbocycles. The quantitative estimate of drug-likeness (QED) is 0.918. The van der Waals surface area contributed by atoms with Gasteiger partial charge in [0.1, 0.15) is 5.60 Å². The smallest absolute Gasteiger partial charge is 0.408 e. The van der Waals surface area contributed by atoms with Gasteiger partial charge in [0.25, 0.3) is 0 Å². The molecule has 1 aliphatic heterocycles. The molecule has 1 unspecified atom stereocenters. The second-order valence-corrected chi connectivity index (χ2v) is 8.54. The van der Waals surface area contributed by atoms with Crippen LogP contribution in [0.3, 0.4) is 0 Å². The Kier molecular flexibility index (Phi) is 5.58. The van der Waals surface area contributed by atoms with Crippen LogP contribution in [0, 0.1) is 0 Å². The molecule has 1 N–H and O–H groups in total. The van der Waals surface area contributed by atoms with Crippen LogP contribution < -0.4 is 5.32 Å². The summed E-state index contributed by atoms with van der Waals surface area (Å²) in [4.78, 5) is 18.8. The van der Waals surface area contributed by atoms with Crippen LogP contribution in [0.4, 0.5) is 4.79 Å². The third-order valence-electron chi connectivity index (χ3n) is 4.20. The average Bonchev–Trinajstić information content (AvgIpc) is 2.82. The van der Waals surface area contributed by atoms with E-state index in [0.29, 0.717) is 12.5 Å². The second kappa shape index (κ2) is 7.13. The van der Waals surface area contributed by atoms with Crippen molar-refractivity contribution in [2.75, 3.05) is 20.1 Å². The van der Waals surface area contributed by atoms with Gasteiger partial charge in [-0.05, 0) is 61.1 Å². The van der Waals surface area contributed by atoms with E-state index in [9.17, 15) is 4.79 Å². The highest BCUT2D eigenvalue weighted by molar-refractivity contribution is 5.68. The molecule has 1 saturated heterocycles. The molecule has 0 aliphatic carbocycles. The minimum absolute atomic E-state index is 0.379. The van der Waals surface area contributed by atoms with Crippen LogP contribution in [-0.2, 0) is 11.2 Å². The largest absolute Gasteiger partial charge is 0.444 e. The molecule has 0 aromatic carbocycles. The number of likely N-dealkylation sites (tertiary alicyclic amines) is 1. The van der Waals surface area contributed by atoms with Gasteiger partial charge in [-0.1, -0.05) is 0 Å². The van der Waals surface area contributed by atoms with Gasteiger partial charge >= 0.3 is 6.09 Å². The van der Waals surface area contributed by atoms with E-state index in [1.54, 1.807) is 0 Å². The molecule has 6 heteroatoms. The summed E-state index contributed by atoms with van der Waals surface area (Å²) >= 11 is 0. The molecule has 136 valence electrons. The minimum Gasteiger partial charge on any atom is -0.444 e. The van der Waals surface area contributed by atoms with Crippen molar-refractivity contribution in [2.45, 2.75) is 71.1 Å². The molecule has 1 atom stereocenters. The van der Waals surface area contributed by atoms with Gasteiger partial charge < -0.3 is 19.5 Å². The number of likely N-dealkylation sites (N-methyl/N-ethyl adjacent to an activating group) is 1. The Morgan fingerprint density at radius 1 is 1.38 bits per heavy atom. The lowest BCUT2D eigenvalue weighted by atomic mass is 9.98. The van der Waals surface area contributed by atoms with Crippen molar-refractivity contribution in [3.8, 4) is 0 Å². The fourth-order valence-electron chi connectivity index (χ4n) is 3.24. The number of amides is 1. The number of aromatic nitrogens is 2. The van der Waals surface area contributed by atoms with Crippen molar-refractivity contribution in [1.29, 1.82) is 0 Å². The van der Waals surface area contributed by atoms with E-state index in [0.717, 1.165) is 18.8 Å². The summed E-state index contributed by atoms with van der Waals surface area (Å²) in [5.74, 6) is 0. The van der Waals surface area contributed by atoms with Gasteiger partial charge in [-0.2, -0.15) is 0 Å². The molecule has 1 aromatic heterocycles. The summed E-state index contributed by atoms with van der Waals surface area (Å²) in [6.45, 7) is 11.8. The zero-order valence-corrected chi connectivity index (χ0v) is 15.9. The number of piperidine rings is 1. The number of alkyl carbamates (subject to hydrolysis) is 1. The highest BCUT2D eigenvalue weighted by atomic mass is 16.6. The van der Waals surface area contributed by atoms with Gasteiger partial charge in [0, 0.05) is 36.4 Å². The SMILES string of the molecule is CN1CCCC(n2cncc2CC(C)(C)NC(=O)OC(C)(C)C)C1. The van der Waals surface area contributed by atoms with Crippen molar-refractivity contribution in [2.24, 2.45) is 0 Å². The first-order valence-electron chi connectivity index (χ1n) is 8.76. The third-order valence-corrected chi connectivity index (χ3v) is 4.20. The zero-order valence-electron chi connectivity index (χ0n) is 15.9. The predicted molar refractivity (Wildman–Crippen MR) is 95.1 cm³/mol. The van der Waals surface area contributed by atoms with Crippen molar-refractivity contribution in [1.82, 2.24) is 19.8 Å². The van der Waals surface area contributed by atoms with Crippen LogP contribution in [0.1, 0.15) is 59.2 Å². The molecule has 2 rings (SSSR count). The summed E-state index contributed by atoms with van der Waals surface area (Å²) in [5, 5.41) is 2.98. The highest BCUT2D eigenvalue weighted by Gasteiger charge is 2.28. The van der Waals surface area contributed by atoms with E-state index < -0.39 is 11.1 Å². The summed E-state index contributed by atoms with van der Waals surface area (Å²) in [5.41, 5.74) is 0.256. The number of carbonyl (C=O) groups is 1. The van der Waals surface area contributed by atoms with Crippen LogP contribution in [0.25, 0.3) is 0 Å². The number of hydrogen-bond donors (Lipinski definition) is 1. The lowest BCUT2D eigenvalue weighted by Crippen LogP contribution is -2.47. The van der Waals surface area contributed by atoms with E-state index in [2.05, 4.69) is 26.8 Å². The zero-order chi connectivity index (χ0) is 18.0. The molecular weight excluding hydrogens is 304 g/mol. The highest BCUT2D eigenvalue weighted by Crippen LogP contribution is 2.24. The van der Waals surface area contributed by atoms with E-state index >= 15 is 0 Å². The van der Waals surface area contributed by atoms with Crippen molar-refractivity contribution >= 4 is 6.09 Å². The Hall–Kier alpha value is -1.56. The maximum atomic E-state index is 12.1. The van der Waals surface area contributed by atoms with Crippen molar-refractivity contribution < 1.29 is 9.53 Å². The number of carbonyl (C=O) groups excluding carboxylic acids is 1. The van der Waals surface area contributed by atoms with Crippen molar-refractivity contribution in [3.63, 3.8) is 0 Å². The average molecular weight is 336 g/mol. The molecule has 0 bridgehead atoms. The number of rotatable bonds is 4. The lowest BCUT2D eigenvalue weighted by molar-refractivity contribution is 0.0471. The molecule has 24 heavy (non-hydrogen) atoms. The van der Waals surface area contributed by atoms with Crippen LogP contribution in [0.2, 0.25) is 0 Å². The Labute approximate surface area is 145 Å². The molecule has 1 aromatic rings. The Bertz CT molecular complexity index is 560. The van der Waals surface area contributed by atoms with Gasteiger partial charge in [0.2, 0.25) is 0 Å². The van der Waals surface area contributed by atoms with Crippen LogP contribution in [-0.4, -0.2) is 51.8 Å². The van der Waals surface area contributed by atoms with Crippen LogP contribution in [0.5, 0.6) is 0 Å². The maximum absolute atomic E-state index is 12.1. The fraction of sp³-hybridized carbons (Fsp3) is 0.778. The number of nitrogens with zero attached hydrogens (tertiary/aromatic N) is 3. The molecule has 0 radical (unpaired) electrons. The lowest BCUT2D eigenvalue weighted by Gasteiger charge is -2.33. The summed E-state index contributed by atoms with van der Waals surface area (Å²) in [6.07, 6.45) is 6.55. The first-order chi connectivity index (χ1) is 11.1. The normalized spacial score (nSPS) is 20.0. The number of hydrogen-bond acceptors (Lipinski definition) is 4. The van der Waals surface area contributed by atoms with Gasteiger partial charge in [-0.3, -0.25) is 0 Å². The molecule has 0 spiro atoms. The Balaban J connectivity index is 2.02. The standard InChI is InChI=1S/C18H32N4O2/c1-17(2,3)24-16(23)20-18(4,5)10-15-11-19-13-22(15)14-8-7-9-21(6)12-14/h11,13-14H,7-10,12H2,1-6H3,(H,20,23). The van der Waals surface area contributed by atoms with Gasteiger partial charge in [0.05, 0.1) is 6.33 Å². The van der Waals surface area contributed by atoms with E-state index in [-0.39, 0.29) is 6.09 Å². The maximum Gasteiger partial charge on any atom is 0.408 e. The molecule has 1 aliphatic rings. The predicted octanol–water partition coefficient (Wildman–Crippen LogP) is 3.00. The summed E-state index contributed by atoms with van der Waals surface area (Å²) < 4.78 is 7.65. The molecule has 1 fully saturated rings.